The third-order valence-electron chi connectivity index (χ3n) is 3.95. The fourth-order valence-corrected chi connectivity index (χ4v) is 2.61. The van der Waals surface area contributed by atoms with Crippen LogP contribution >= 0.6 is 0 Å². The predicted octanol–water partition coefficient (Wildman–Crippen LogP) is 2.30. The molecule has 5 heteroatoms. The Hall–Kier alpha value is -1.59. The van der Waals surface area contributed by atoms with Crippen LogP contribution in [0.15, 0.2) is 23.0 Å². The van der Waals surface area contributed by atoms with Gasteiger partial charge in [-0.15, -0.1) is 0 Å². The first-order valence-corrected chi connectivity index (χ1v) is 7.40. The minimum Gasteiger partial charge on any atom is -0.396 e. The van der Waals surface area contributed by atoms with E-state index in [-0.39, 0.29) is 29.8 Å². The Kier molecular flexibility index (Phi) is 4.54. The lowest BCUT2D eigenvalue weighted by Gasteiger charge is -2.34. The average molecular weight is 291 g/mol. The van der Waals surface area contributed by atoms with Crippen LogP contribution in [0.3, 0.4) is 0 Å². The monoisotopic (exact) mass is 291 g/mol. The molecule has 2 atom stereocenters. The number of H-pyrrole nitrogens is 2. The van der Waals surface area contributed by atoms with E-state index in [2.05, 4.69) is 43.0 Å². The molecule has 0 saturated heterocycles. The number of aromatic amines is 2. The van der Waals surface area contributed by atoms with E-state index < -0.39 is 0 Å². The molecular formula is C16H25N3O2. The quantitative estimate of drug-likeness (QED) is 0.682. The molecule has 5 nitrogen and oxygen atoms in total. The van der Waals surface area contributed by atoms with Crippen LogP contribution in [0.5, 0.6) is 0 Å². The number of imidazole rings is 1. The lowest BCUT2D eigenvalue weighted by atomic mass is 9.84. The topological polar surface area (TPSA) is 80.9 Å². The second-order valence-electron chi connectivity index (χ2n) is 6.70. The number of aromatic nitrogens is 2. The van der Waals surface area contributed by atoms with E-state index in [4.69, 9.17) is 0 Å². The van der Waals surface area contributed by atoms with Crippen molar-refractivity contribution in [3.63, 3.8) is 0 Å². The van der Waals surface area contributed by atoms with Gasteiger partial charge in [-0.05, 0) is 36.5 Å². The summed E-state index contributed by atoms with van der Waals surface area (Å²) >= 11 is 0. The van der Waals surface area contributed by atoms with Crippen LogP contribution in [0.2, 0.25) is 0 Å². The van der Waals surface area contributed by atoms with Crippen molar-refractivity contribution < 1.29 is 5.11 Å². The van der Waals surface area contributed by atoms with Crippen LogP contribution in [0.25, 0.3) is 11.0 Å². The minimum absolute atomic E-state index is 0.0729. The molecule has 0 bridgehead atoms. The SMILES string of the molecule is CC(NC(CCO)C(C)(C)C)c1ccc2[nH]c(=O)[nH]c2c1. The van der Waals surface area contributed by atoms with Crippen molar-refractivity contribution in [3.05, 3.63) is 34.2 Å². The molecule has 1 aromatic heterocycles. The summed E-state index contributed by atoms with van der Waals surface area (Å²) < 4.78 is 0. The molecule has 0 aliphatic heterocycles. The largest absolute Gasteiger partial charge is 0.396 e. The van der Waals surface area contributed by atoms with Crippen LogP contribution in [0, 0.1) is 5.41 Å². The minimum atomic E-state index is -0.185. The fraction of sp³-hybridized carbons (Fsp3) is 0.562. The molecule has 2 aromatic rings. The molecule has 2 unspecified atom stereocenters. The van der Waals surface area contributed by atoms with Crippen LogP contribution in [0.4, 0.5) is 0 Å². The normalized spacial score (nSPS) is 15.3. The Morgan fingerprint density at radius 3 is 2.52 bits per heavy atom. The molecule has 0 spiro atoms. The summed E-state index contributed by atoms with van der Waals surface area (Å²) in [5.74, 6) is 0. The fourth-order valence-electron chi connectivity index (χ4n) is 2.61. The van der Waals surface area contributed by atoms with Crippen molar-refractivity contribution in [2.45, 2.75) is 46.2 Å². The Balaban J connectivity index is 2.20. The summed E-state index contributed by atoms with van der Waals surface area (Å²) in [6, 6.07) is 6.28. The second kappa shape index (κ2) is 6.03. The van der Waals surface area contributed by atoms with E-state index in [0.29, 0.717) is 0 Å². The summed E-state index contributed by atoms with van der Waals surface area (Å²) in [5, 5.41) is 12.8. The molecule has 0 amide bonds. The van der Waals surface area contributed by atoms with Gasteiger partial charge in [0.05, 0.1) is 11.0 Å². The van der Waals surface area contributed by atoms with E-state index in [1.54, 1.807) is 0 Å². The zero-order valence-electron chi connectivity index (χ0n) is 13.2. The van der Waals surface area contributed by atoms with E-state index in [9.17, 15) is 9.90 Å². The molecular weight excluding hydrogens is 266 g/mol. The maximum atomic E-state index is 11.3. The van der Waals surface area contributed by atoms with Crippen molar-refractivity contribution in [3.8, 4) is 0 Å². The maximum Gasteiger partial charge on any atom is 0.323 e. The molecule has 0 radical (unpaired) electrons. The number of fused-ring (bicyclic) bond motifs is 1. The van der Waals surface area contributed by atoms with Gasteiger partial charge in [0, 0.05) is 18.7 Å². The Bertz CT molecular complexity index is 651. The van der Waals surface area contributed by atoms with Gasteiger partial charge in [0.25, 0.3) is 0 Å². The van der Waals surface area contributed by atoms with E-state index >= 15 is 0 Å². The molecule has 116 valence electrons. The number of hydrogen-bond acceptors (Lipinski definition) is 3. The molecule has 0 aliphatic rings. The summed E-state index contributed by atoms with van der Waals surface area (Å²) in [4.78, 5) is 16.8. The van der Waals surface area contributed by atoms with Gasteiger partial charge in [-0.2, -0.15) is 0 Å². The first-order chi connectivity index (χ1) is 9.81. The highest BCUT2D eigenvalue weighted by atomic mass is 16.3. The molecule has 1 aromatic carbocycles. The van der Waals surface area contributed by atoms with Crippen LogP contribution < -0.4 is 11.0 Å². The molecule has 0 saturated carbocycles. The van der Waals surface area contributed by atoms with Gasteiger partial charge in [0.2, 0.25) is 0 Å². The van der Waals surface area contributed by atoms with Gasteiger partial charge in [-0.1, -0.05) is 26.8 Å². The highest BCUT2D eigenvalue weighted by Crippen LogP contribution is 2.25. The van der Waals surface area contributed by atoms with E-state index in [1.165, 1.54) is 0 Å². The maximum absolute atomic E-state index is 11.3. The van der Waals surface area contributed by atoms with Gasteiger partial charge in [-0.25, -0.2) is 4.79 Å². The predicted molar refractivity (Wildman–Crippen MR) is 85.4 cm³/mol. The molecule has 0 fully saturated rings. The summed E-state index contributed by atoms with van der Waals surface area (Å²) in [7, 11) is 0. The van der Waals surface area contributed by atoms with E-state index in [1.807, 2.05) is 18.2 Å². The molecule has 2 rings (SSSR count). The molecule has 0 aliphatic carbocycles. The Labute approximate surface area is 124 Å². The van der Waals surface area contributed by atoms with Gasteiger partial charge >= 0.3 is 5.69 Å². The number of aliphatic hydroxyl groups excluding tert-OH is 1. The van der Waals surface area contributed by atoms with Crippen LogP contribution in [0.1, 0.15) is 45.7 Å². The molecule has 21 heavy (non-hydrogen) atoms. The van der Waals surface area contributed by atoms with Gasteiger partial charge in [0.1, 0.15) is 0 Å². The summed E-state index contributed by atoms with van der Waals surface area (Å²) in [6.07, 6.45) is 0.719. The van der Waals surface area contributed by atoms with Crippen molar-refractivity contribution in [1.29, 1.82) is 0 Å². The van der Waals surface area contributed by atoms with E-state index in [0.717, 1.165) is 23.0 Å². The molecule has 1 heterocycles. The Morgan fingerprint density at radius 1 is 1.24 bits per heavy atom. The van der Waals surface area contributed by atoms with Gasteiger partial charge < -0.3 is 20.4 Å². The number of benzene rings is 1. The van der Waals surface area contributed by atoms with Crippen molar-refractivity contribution >= 4 is 11.0 Å². The van der Waals surface area contributed by atoms with Crippen molar-refractivity contribution in [2.75, 3.05) is 6.61 Å². The highest BCUT2D eigenvalue weighted by molar-refractivity contribution is 5.75. The standard InChI is InChI=1S/C16H25N3O2/c1-10(17-14(7-8-20)16(2,3)4)11-5-6-12-13(9-11)19-15(21)18-12/h5-6,9-10,14,17,20H,7-8H2,1-4H3,(H2,18,19,21). The van der Waals surface area contributed by atoms with Gasteiger partial charge in [-0.3, -0.25) is 0 Å². The second-order valence-corrected chi connectivity index (χ2v) is 6.70. The first kappa shape index (κ1) is 15.8. The Morgan fingerprint density at radius 2 is 1.90 bits per heavy atom. The number of aliphatic hydroxyl groups is 1. The van der Waals surface area contributed by atoms with Crippen molar-refractivity contribution in [2.24, 2.45) is 5.41 Å². The molecule has 4 N–H and O–H groups in total. The highest BCUT2D eigenvalue weighted by Gasteiger charge is 2.25. The third-order valence-corrected chi connectivity index (χ3v) is 3.95. The zero-order valence-corrected chi connectivity index (χ0v) is 13.2. The van der Waals surface area contributed by atoms with Gasteiger partial charge in [0.15, 0.2) is 0 Å². The third kappa shape index (κ3) is 3.74. The average Bonchev–Trinajstić information content (AvgIpc) is 2.75. The number of rotatable bonds is 5. The summed E-state index contributed by atoms with van der Waals surface area (Å²) in [5.41, 5.74) is 2.64. The lowest BCUT2D eigenvalue weighted by molar-refractivity contribution is 0.188. The van der Waals surface area contributed by atoms with Crippen LogP contribution in [-0.4, -0.2) is 27.7 Å². The summed E-state index contributed by atoms with van der Waals surface area (Å²) in [6.45, 7) is 8.77. The lowest BCUT2D eigenvalue weighted by Crippen LogP contribution is -2.42. The van der Waals surface area contributed by atoms with Crippen LogP contribution in [-0.2, 0) is 0 Å². The first-order valence-electron chi connectivity index (χ1n) is 7.40. The van der Waals surface area contributed by atoms with Crippen molar-refractivity contribution in [1.82, 2.24) is 15.3 Å². The smallest absolute Gasteiger partial charge is 0.323 e. The zero-order chi connectivity index (χ0) is 15.6. The number of hydrogen-bond donors (Lipinski definition) is 4. The number of nitrogens with one attached hydrogen (secondary N) is 3.